The Labute approximate surface area is 128 Å². The molecular weight excluding hydrogens is 290 g/mol. The zero-order valence-corrected chi connectivity index (χ0v) is 12.5. The maximum Gasteiger partial charge on any atom is 0.322 e. The maximum atomic E-state index is 8.91. The SMILES string of the molecule is CCOc1nc(Cl)nc(N(C)Cc2cccc(C#N)c2)n1. The molecular formula is C14H14ClN5O. The summed E-state index contributed by atoms with van der Waals surface area (Å²) in [7, 11) is 1.83. The first-order valence-electron chi connectivity index (χ1n) is 6.37. The van der Waals surface area contributed by atoms with E-state index in [9.17, 15) is 0 Å². The lowest BCUT2D eigenvalue weighted by molar-refractivity contribution is 0.311. The van der Waals surface area contributed by atoms with Crippen molar-refractivity contribution in [3.8, 4) is 12.1 Å². The lowest BCUT2D eigenvalue weighted by Gasteiger charge is -2.17. The predicted molar refractivity (Wildman–Crippen MR) is 79.3 cm³/mol. The van der Waals surface area contributed by atoms with E-state index in [2.05, 4.69) is 21.0 Å². The normalized spacial score (nSPS) is 10.0. The minimum atomic E-state index is 0.0843. The lowest BCUT2D eigenvalue weighted by atomic mass is 10.1. The van der Waals surface area contributed by atoms with Crippen LogP contribution in [-0.2, 0) is 6.54 Å². The molecule has 0 unspecified atom stereocenters. The molecule has 1 aromatic heterocycles. The highest BCUT2D eigenvalue weighted by atomic mass is 35.5. The molecule has 0 aliphatic rings. The van der Waals surface area contributed by atoms with E-state index < -0.39 is 0 Å². The van der Waals surface area contributed by atoms with Gasteiger partial charge in [0.25, 0.3) is 0 Å². The van der Waals surface area contributed by atoms with Gasteiger partial charge < -0.3 is 9.64 Å². The lowest BCUT2D eigenvalue weighted by Crippen LogP contribution is -2.20. The number of benzene rings is 1. The van der Waals surface area contributed by atoms with Crippen molar-refractivity contribution in [2.45, 2.75) is 13.5 Å². The fourth-order valence-corrected chi connectivity index (χ4v) is 1.92. The summed E-state index contributed by atoms with van der Waals surface area (Å²) in [6, 6.07) is 9.67. The molecule has 2 aromatic rings. The molecule has 0 saturated heterocycles. The first kappa shape index (κ1) is 15.0. The highest BCUT2D eigenvalue weighted by Gasteiger charge is 2.11. The minimum absolute atomic E-state index is 0.0843. The van der Waals surface area contributed by atoms with Crippen LogP contribution in [0, 0.1) is 11.3 Å². The van der Waals surface area contributed by atoms with Crippen LogP contribution in [0.1, 0.15) is 18.1 Å². The molecule has 6 nitrogen and oxygen atoms in total. The second-order valence-corrected chi connectivity index (χ2v) is 4.63. The van der Waals surface area contributed by atoms with Gasteiger partial charge in [0.1, 0.15) is 0 Å². The van der Waals surface area contributed by atoms with Crippen LogP contribution in [0.5, 0.6) is 6.01 Å². The van der Waals surface area contributed by atoms with Gasteiger partial charge in [0.2, 0.25) is 11.2 Å². The van der Waals surface area contributed by atoms with E-state index in [1.165, 1.54) is 0 Å². The van der Waals surface area contributed by atoms with E-state index in [1.54, 1.807) is 6.07 Å². The van der Waals surface area contributed by atoms with Gasteiger partial charge in [-0.3, -0.25) is 0 Å². The van der Waals surface area contributed by atoms with Crippen molar-refractivity contribution >= 4 is 17.5 Å². The third-order valence-electron chi connectivity index (χ3n) is 2.67. The summed E-state index contributed by atoms with van der Waals surface area (Å²) in [5.74, 6) is 0.417. The van der Waals surface area contributed by atoms with Crippen molar-refractivity contribution < 1.29 is 4.74 Å². The van der Waals surface area contributed by atoms with E-state index >= 15 is 0 Å². The first-order valence-corrected chi connectivity index (χ1v) is 6.74. The minimum Gasteiger partial charge on any atom is -0.464 e. The van der Waals surface area contributed by atoms with Crippen molar-refractivity contribution in [3.05, 3.63) is 40.7 Å². The van der Waals surface area contributed by atoms with Crippen LogP contribution in [0.25, 0.3) is 0 Å². The number of ether oxygens (including phenoxy) is 1. The summed E-state index contributed by atoms with van der Waals surface area (Å²) in [6.45, 7) is 2.84. The number of halogens is 1. The van der Waals surface area contributed by atoms with Gasteiger partial charge in [-0.1, -0.05) is 12.1 Å². The second-order valence-electron chi connectivity index (χ2n) is 4.29. The monoisotopic (exact) mass is 303 g/mol. The van der Waals surface area contributed by atoms with Crippen LogP contribution in [0.4, 0.5) is 5.95 Å². The molecule has 0 amide bonds. The van der Waals surface area contributed by atoms with Gasteiger partial charge in [-0.15, -0.1) is 0 Å². The average Bonchev–Trinajstić information content (AvgIpc) is 2.47. The van der Waals surface area contributed by atoms with E-state index in [4.69, 9.17) is 21.6 Å². The van der Waals surface area contributed by atoms with Crippen LogP contribution < -0.4 is 9.64 Å². The van der Waals surface area contributed by atoms with Crippen molar-refractivity contribution in [2.75, 3.05) is 18.6 Å². The number of hydrogen-bond donors (Lipinski definition) is 0. The molecule has 0 aliphatic heterocycles. The Morgan fingerprint density at radius 2 is 2.14 bits per heavy atom. The van der Waals surface area contributed by atoms with E-state index in [0.717, 1.165) is 5.56 Å². The quantitative estimate of drug-likeness (QED) is 0.844. The Morgan fingerprint density at radius 1 is 1.33 bits per heavy atom. The van der Waals surface area contributed by atoms with Crippen molar-refractivity contribution in [2.24, 2.45) is 0 Å². The molecule has 0 radical (unpaired) electrons. The Morgan fingerprint density at radius 3 is 2.86 bits per heavy atom. The molecule has 0 bridgehead atoms. The predicted octanol–water partition coefficient (Wildman–Crippen LogP) is 2.43. The molecule has 0 spiro atoms. The summed E-state index contributed by atoms with van der Waals surface area (Å²) >= 11 is 5.87. The highest BCUT2D eigenvalue weighted by molar-refractivity contribution is 6.28. The van der Waals surface area contributed by atoms with Crippen molar-refractivity contribution in [1.29, 1.82) is 5.26 Å². The zero-order valence-electron chi connectivity index (χ0n) is 11.7. The van der Waals surface area contributed by atoms with Crippen LogP contribution in [0.15, 0.2) is 24.3 Å². The summed E-state index contributed by atoms with van der Waals surface area (Å²) in [5, 5.41) is 9.00. The Balaban J connectivity index is 2.19. The van der Waals surface area contributed by atoms with Crippen LogP contribution in [-0.4, -0.2) is 28.6 Å². The number of aromatic nitrogens is 3. The molecule has 0 fully saturated rings. The van der Waals surface area contributed by atoms with Crippen LogP contribution in [0.2, 0.25) is 5.28 Å². The standard InChI is InChI=1S/C14H14ClN5O/c1-3-21-14-18-12(15)17-13(19-14)20(2)9-11-6-4-5-10(7-11)8-16/h4-7H,3,9H2,1-2H3. The third kappa shape index (κ3) is 4.04. The average molecular weight is 304 g/mol. The van der Waals surface area contributed by atoms with Gasteiger partial charge in [0.05, 0.1) is 18.2 Å². The molecule has 1 heterocycles. The highest BCUT2D eigenvalue weighted by Crippen LogP contribution is 2.16. The van der Waals surface area contributed by atoms with Gasteiger partial charge in [0.15, 0.2) is 0 Å². The topological polar surface area (TPSA) is 74.9 Å². The number of rotatable bonds is 5. The number of anilines is 1. The molecule has 1 aromatic carbocycles. The molecule has 21 heavy (non-hydrogen) atoms. The summed E-state index contributed by atoms with van der Waals surface area (Å²) in [4.78, 5) is 14.0. The number of nitrogens with zero attached hydrogens (tertiary/aromatic N) is 5. The summed E-state index contributed by atoms with van der Waals surface area (Å²) < 4.78 is 5.25. The van der Waals surface area contributed by atoms with E-state index in [-0.39, 0.29) is 11.3 Å². The van der Waals surface area contributed by atoms with Gasteiger partial charge in [-0.25, -0.2) is 0 Å². The molecule has 7 heteroatoms. The zero-order chi connectivity index (χ0) is 15.2. The Kier molecular flexibility index (Phi) is 4.90. The molecule has 108 valence electrons. The van der Waals surface area contributed by atoms with Gasteiger partial charge in [-0.05, 0) is 36.2 Å². The molecule has 0 N–H and O–H groups in total. The smallest absolute Gasteiger partial charge is 0.322 e. The van der Waals surface area contributed by atoms with E-state index in [1.807, 2.05) is 37.1 Å². The first-order chi connectivity index (χ1) is 10.1. The molecule has 0 atom stereocenters. The van der Waals surface area contributed by atoms with Crippen molar-refractivity contribution in [3.63, 3.8) is 0 Å². The maximum absolute atomic E-state index is 8.91. The molecule has 0 aliphatic carbocycles. The number of hydrogen-bond acceptors (Lipinski definition) is 6. The summed E-state index contributed by atoms with van der Waals surface area (Å²) in [5.41, 5.74) is 1.59. The third-order valence-corrected chi connectivity index (χ3v) is 2.84. The fourth-order valence-electron chi connectivity index (χ4n) is 1.77. The largest absolute Gasteiger partial charge is 0.464 e. The summed E-state index contributed by atoms with van der Waals surface area (Å²) in [6.07, 6.45) is 0. The van der Waals surface area contributed by atoms with Gasteiger partial charge in [0, 0.05) is 13.6 Å². The van der Waals surface area contributed by atoms with Gasteiger partial charge in [-0.2, -0.15) is 20.2 Å². The fraction of sp³-hybridized carbons (Fsp3) is 0.286. The number of nitriles is 1. The van der Waals surface area contributed by atoms with E-state index in [0.29, 0.717) is 24.7 Å². The Bertz CT molecular complexity index is 671. The Hall–Kier alpha value is -2.39. The molecule has 2 rings (SSSR count). The second kappa shape index (κ2) is 6.86. The van der Waals surface area contributed by atoms with Crippen LogP contribution >= 0.6 is 11.6 Å². The van der Waals surface area contributed by atoms with Gasteiger partial charge >= 0.3 is 6.01 Å². The van der Waals surface area contributed by atoms with Crippen molar-refractivity contribution in [1.82, 2.24) is 15.0 Å². The van der Waals surface area contributed by atoms with Crippen LogP contribution in [0.3, 0.4) is 0 Å². The molecule has 0 saturated carbocycles.